The first kappa shape index (κ1) is 10.2. The predicted molar refractivity (Wildman–Crippen MR) is 63.1 cm³/mol. The molecule has 0 atom stereocenters. The standard InChI is InChI=1S/C13H17NO/c1-3-11-9-14(6-7-15)13-5-4-10(2)8-12(11)13/h4-5,8-9,15H,3,6-7H2,1-2H3. The Hall–Kier alpha value is -1.28. The molecule has 0 spiro atoms. The lowest BCUT2D eigenvalue weighted by atomic mass is 10.1. The van der Waals surface area contributed by atoms with Crippen molar-refractivity contribution in [3.63, 3.8) is 0 Å². The average molecular weight is 203 g/mol. The molecular weight excluding hydrogens is 186 g/mol. The highest BCUT2D eigenvalue weighted by Gasteiger charge is 2.06. The molecule has 0 aliphatic heterocycles. The second-order valence-corrected chi connectivity index (χ2v) is 3.95. The molecule has 0 aliphatic rings. The van der Waals surface area contributed by atoms with E-state index in [1.807, 2.05) is 0 Å². The van der Waals surface area contributed by atoms with Crippen LogP contribution in [0.15, 0.2) is 24.4 Å². The van der Waals surface area contributed by atoms with Gasteiger partial charge >= 0.3 is 0 Å². The van der Waals surface area contributed by atoms with Gasteiger partial charge in [0.2, 0.25) is 0 Å². The number of aromatic nitrogens is 1. The molecule has 0 aliphatic carbocycles. The SMILES string of the molecule is CCc1cn(CCO)c2ccc(C)cc12. The molecule has 0 saturated heterocycles. The Bertz CT molecular complexity index is 471. The van der Waals surface area contributed by atoms with Crippen LogP contribution < -0.4 is 0 Å². The maximum absolute atomic E-state index is 8.99. The van der Waals surface area contributed by atoms with Crippen LogP contribution in [-0.2, 0) is 13.0 Å². The summed E-state index contributed by atoms with van der Waals surface area (Å²) in [7, 11) is 0. The topological polar surface area (TPSA) is 25.2 Å². The normalized spacial score (nSPS) is 11.1. The van der Waals surface area contributed by atoms with Crippen LogP contribution in [0, 0.1) is 6.92 Å². The van der Waals surface area contributed by atoms with Crippen molar-refractivity contribution in [1.29, 1.82) is 0 Å². The zero-order valence-corrected chi connectivity index (χ0v) is 9.33. The van der Waals surface area contributed by atoms with Crippen LogP contribution in [0.25, 0.3) is 10.9 Å². The fraction of sp³-hybridized carbons (Fsp3) is 0.385. The first-order valence-electron chi connectivity index (χ1n) is 5.45. The smallest absolute Gasteiger partial charge is 0.0610 e. The molecule has 1 N–H and O–H groups in total. The van der Waals surface area contributed by atoms with Gasteiger partial charge in [-0.2, -0.15) is 0 Å². The molecule has 80 valence electrons. The maximum atomic E-state index is 8.99. The van der Waals surface area contributed by atoms with Crippen molar-refractivity contribution in [3.8, 4) is 0 Å². The molecule has 1 heterocycles. The Morgan fingerprint density at radius 3 is 2.80 bits per heavy atom. The molecular formula is C13H17NO. The van der Waals surface area contributed by atoms with Gasteiger partial charge in [-0.25, -0.2) is 0 Å². The van der Waals surface area contributed by atoms with Crippen molar-refractivity contribution in [3.05, 3.63) is 35.5 Å². The van der Waals surface area contributed by atoms with E-state index in [4.69, 9.17) is 5.11 Å². The fourth-order valence-corrected chi connectivity index (χ4v) is 2.06. The first-order valence-corrected chi connectivity index (χ1v) is 5.45. The van der Waals surface area contributed by atoms with E-state index in [2.05, 4.69) is 42.8 Å². The van der Waals surface area contributed by atoms with Gasteiger partial charge < -0.3 is 9.67 Å². The van der Waals surface area contributed by atoms with Crippen LogP contribution in [0.5, 0.6) is 0 Å². The summed E-state index contributed by atoms with van der Waals surface area (Å²) < 4.78 is 2.13. The van der Waals surface area contributed by atoms with Crippen LogP contribution in [0.2, 0.25) is 0 Å². The van der Waals surface area contributed by atoms with Crippen LogP contribution in [0.1, 0.15) is 18.1 Å². The van der Waals surface area contributed by atoms with Crippen molar-refractivity contribution in [2.75, 3.05) is 6.61 Å². The number of rotatable bonds is 3. The first-order chi connectivity index (χ1) is 7.26. The Morgan fingerprint density at radius 2 is 2.13 bits per heavy atom. The molecule has 0 unspecified atom stereocenters. The Morgan fingerprint density at radius 1 is 1.33 bits per heavy atom. The van der Waals surface area contributed by atoms with Gasteiger partial charge in [-0.3, -0.25) is 0 Å². The number of nitrogens with zero attached hydrogens (tertiary/aromatic N) is 1. The molecule has 0 amide bonds. The number of hydrogen-bond acceptors (Lipinski definition) is 1. The Kier molecular flexibility index (Phi) is 2.78. The summed E-state index contributed by atoms with van der Waals surface area (Å²) in [6.07, 6.45) is 3.19. The Balaban J connectivity index is 2.64. The van der Waals surface area contributed by atoms with Gasteiger partial charge in [-0.15, -0.1) is 0 Å². The minimum Gasteiger partial charge on any atom is -0.395 e. The molecule has 2 rings (SSSR count). The van der Waals surface area contributed by atoms with E-state index >= 15 is 0 Å². The molecule has 15 heavy (non-hydrogen) atoms. The van der Waals surface area contributed by atoms with Gasteiger partial charge in [-0.1, -0.05) is 18.6 Å². The van der Waals surface area contributed by atoms with Crippen molar-refractivity contribution in [2.45, 2.75) is 26.8 Å². The molecule has 2 heteroatoms. The van der Waals surface area contributed by atoms with Crippen LogP contribution in [-0.4, -0.2) is 16.3 Å². The minimum atomic E-state index is 0.195. The molecule has 1 aromatic carbocycles. The highest BCUT2D eigenvalue weighted by Crippen LogP contribution is 2.23. The summed E-state index contributed by atoms with van der Waals surface area (Å²) in [6, 6.07) is 6.48. The van der Waals surface area contributed by atoms with E-state index in [9.17, 15) is 0 Å². The van der Waals surface area contributed by atoms with Crippen LogP contribution in [0.4, 0.5) is 0 Å². The molecule has 2 nitrogen and oxygen atoms in total. The van der Waals surface area contributed by atoms with Gasteiger partial charge in [0.1, 0.15) is 0 Å². The van der Waals surface area contributed by atoms with E-state index < -0.39 is 0 Å². The molecule has 1 aromatic heterocycles. The summed E-state index contributed by atoms with van der Waals surface area (Å²) >= 11 is 0. The lowest BCUT2D eigenvalue weighted by molar-refractivity contribution is 0.278. The fourth-order valence-electron chi connectivity index (χ4n) is 2.06. The highest BCUT2D eigenvalue weighted by atomic mass is 16.3. The average Bonchev–Trinajstić information content (AvgIpc) is 2.56. The van der Waals surface area contributed by atoms with Crippen molar-refractivity contribution < 1.29 is 5.11 Å². The number of benzene rings is 1. The second-order valence-electron chi connectivity index (χ2n) is 3.95. The van der Waals surface area contributed by atoms with E-state index in [0.717, 1.165) is 6.42 Å². The lowest BCUT2D eigenvalue weighted by Gasteiger charge is -2.02. The second kappa shape index (κ2) is 4.07. The number of fused-ring (bicyclic) bond motifs is 1. The molecule has 0 fully saturated rings. The number of hydrogen-bond donors (Lipinski definition) is 1. The summed E-state index contributed by atoms with van der Waals surface area (Å²) in [5.74, 6) is 0. The summed E-state index contributed by atoms with van der Waals surface area (Å²) in [5.41, 5.74) is 3.88. The lowest BCUT2D eigenvalue weighted by Crippen LogP contribution is -1.99. The van der Waals surface area contributed by atoms with E-state index in [1.54, 1.807) is 0 Å². The molecule has 2 aromatic rings. The van der Waals surface area contributed by atoms with E-state index in [1.165, 1.54) is 22.0 Å². The van der Waals surface area contributed by atoms with Crippen molar-refractivity contribution in [2.24, 2.45) is 0 Å². The maximum Gasteiger partial charge on any atom is 0.0610 e. The van der Waals surface area contributed by atoms with Gasteiger partial charge in [0.05, 0.1) is 6.61 Å². The quantitative estimate of drug-likeness (QED) is 0.814. The largest absolute Gasteiger partial charge is 0.395 e. The van der Waals surface area contributed by atoms with E-state index in [-0.39, 0.29) is 6.61 Å². The Labute approximate surface area is 90.2 Å². The minimum absolute atomic E-state index is 0.195. The van der Waals surface area contributed by atoms with Gasteiger partial charge in [0.15, 0.2) is 0 Å². The third-order valence-electron chi connectivity index (χ3n) is 2.84. The van der Waals surface area contributed by atoms with Crippen LogP contribution in [0.3, 0.4) is 0 Å². The monoisotopic (exact) mass is 203 g/mol. The van der Waals surface area contributed by atoms with Gasteiger partial charge in [0.25, 0.3) is 0 Å². The molecule has 0 radical (unpaired) electrons. The van der Waals surface area contributed by atoms with Crippen LogP contribution >= 0.6 is 0 Å². The third-order valence-corrected chi connectivity index (χ3v) is 2.84. The predicted octanol–water partition coefficient (Wildman–Crippen LogP) is 2.50. The zero-order chi connectivity index (χ0) is 10.8. The highest BCUT2D eigenvalue weighted by molar-refractivity contribution is 5.84. The van der Waals surface area contributed by atoms with Gasteiger partial charge in [0, 0.05) is 23.6 Å². The summed E-state index contributed by atoms with van der Waals surface area (Å²) in [6.45, 7) is 5.16. The third kappa shape index (κ3) is 1.77. The number of aryl methyl sites for hydroxylation is 2. The summed E-state index contributed by atoms with van der Waals surface area (Å²) in [4.78, 5) is 0. The summed E-state index contributed by atoms with van der Waals surface area (Å²) in [5, 5.41) is 10.3. The van der Waals surface area contributed by atoms with Crippen molar-refractivity contribution in [1.82, 2.24) is 4.57 Å². The van der Waals surface area contributed by atoms with Gasteiger partial charge in [-0.05, 0) is 31.0 Å². The number of aliphatic hydroxyl groups excluding tert-OH is 1. The number of aliphatic hydroxyl groups is 1. The molecule has 0 saturated carbocycles. The van der Waals surface area contributed by atoms with Crippen molar-refractivity contribution >= 4 is 10.9 Å². The zero-order valence-electron chi connectivity index (χ0n) is 9.33. The van der Waals surface area contributed by atoms with E-state index in [0.29, 0.717) is 6.54 Å². The molecule has 0 bridgehead atoms.